The van der Waals surface area contributed by atoms with Crippen LogP contribution in [0.4, 0.5) is 5.69 Å². The fourth-order valence-electron chi connectivity index (χ4n) is 1.77. The first kappa shape index (κ1) is 13.9. The van der Waals surface area contributed by atoms with Crippen molar-refractivity contribution in [3.63, 3.8) is 0 Å². The second-order valence-electron chi connectivity index (χ2n) is 4.16. The third-order valence-corrected chi connectivity index (χ3v) is 2.83. The Bertz CT molecular complexity index is 596. The number of hydrogen-bond acceptors (Lipinski definition) is 4. The van der Waals surface area contributed by atoms with E-state index in [1.54, 1.807) is 37.4 Å². The van der Waals surface area contributed by atoms with E-state index in [-0.39, 0.29) is 17.4 Å². The van der Waals surface area contributed by atoms with Gasteiger partial charge >= 0.3 is 0 Å². The average molecular weight is 272 g/mol. The van der Waals surface area contributed by atoms with Crippen molar-refractivity contribution in [2.75, 3.05) is 18.6 Å². The summed E-state index contributed by atoms with van der Waals surface area (Å²) in [6, 6.07) is 10.2. The molecule has 1 aromatic carbocycles. The Morgan fingerprint density at radius 3 is 2.60 bits per heavy atom. The molecule has 1 amide bonds. The van der Waals surface area contributed by atoms with Crippen LogP contribution < -0.4 is 9.64 Å². The molecule has 20 heavy (non-hydrogen) atoms. The minimum absolute atomic E-state index is 0.0314. The monoisotopic (exact) mass is 272 g/mol. The van der Waals surface area contributed by atoms with Gasteiger partial charge in [-0.1, -0.05) is 0 Å². The van der Waals surface area contributed by atoms with E-state index in [1.165, 1.54) is 17.2 Å². The number of amides is 1. The number of aromatic nitrogens is 1. The molecule has 0 saturated carbocycles. The number of carbonyl (C=O) groups excluding carboxylic acids is 1. The summed E-state index contributed by atoms with van der Waals surface area (Å²) in [4.78, 5) is 17.6. The normalized spacial score (nSPS) is 10.1. The van der Waals surface area contributed by atoms with Gasteiger partial charge < -0.3 is 14.7 Å². The van der Waals surface area contributed by atoms with Crippen LogP contribution in [0.3, 0.4) is 0 Å². The summed E-state index contributed by atoms with van der Waals surface area (Å²) < 4.78 is 5.35. The standard InChI is InChI=1S/C15H16N2O3/c1-3-20-12-8-6-11(7-9-12)17(2)15(19)14-13(18)5-4-10-16-14/h4-10,18H,3H2,1-2H3. The van der Waals surface area contributed by atoms with Crippen LogP contribution >= 0.6 is 0 Å². The number of carbonyl (C=O) groups is 1. The zero-order valence-electron chi connectivity index (χ0n) is 11.4. The molecule has 1 aromatic heterocycles. The molecule has 1 heterocycles. The van der Waals surface area contributed by atoms with Gasteiger partial charge in [0.2, 0.25) is 0 Å². The van der Waals surface area contributed by atoms with Gasteiger partial charge in [0.05, 0.1) is 6.61 Å². The van der Waals surface area contributed by atoms with E-state index < -0.39 is 0 Å². The molecule has 5 nitrogen and oxygen atoms in total. The first-order valence-electron chi connectivity index (χ1n) is 6.28. The molecule has 0 unspecified atom stereocenters. The first-order chi connectivity index (χ1) is 9.63. The highest BCUT2D eigenvalue weighted by atomic mass is 16.5. The number of pyridine rings is 1. The van der Waals surface area contributed by atoms with Crippen LogP contribution in [0.15, 0.2) is 42.6 Å². The van der Waals surface area contributed by atoms with Crippen molar-refractivity contribution < 1.29 is 14.6 Å². The van der Waals surface area contributed by atoms with Crippen LogP contribution in [-0.4, -0.2) is 29.7 Å². The maximum Gasteiger partial charge on any atom is 0.280 e. The highest BCUT2D eigenvalue weighted by Crippen LogP contribution is 2.22. The molecule has 2 rings (SSSR count). The van der Waals surface area contributed by atoms with Crippen LogP contribution in [-0.2, 0) is 0 Å². The van der Waals surface area contributed by atoms with Gasteiger partial charge in [0.25, 0.3) is 5.91 Å². The zero-order valence-corrected chi connectivity index (χ0v) is 11.4. The number of rotatable bonds is 4. The number of ether oxygens (including phenoxy) is 1. The number of anilines is 1. The molecule has 0 atom stereocenters. The van der Waals surface area contributed by atoms with Gasteiger partial charge in [0, 0.05) is 18.9 Å². The molecule has 0 aliphatic rings. The predicted molar refractivity (Wildman–Crippen MR) is 76.2 cm³/mol. The third-order valence-electron chi connectivity index (χ3n) is 2.83. The number of hydrogen-bond donors (Lipinski definition) is 1. The Labute approximate surface area is 117 Å². The maximum atomic E-state index is 12.2. The Morgan fingerprint density at radius 1 is 1.30 bits per heavy atom. The summed E-state index contributed by atoms with van der Waals surface area (Å²) in [5, 5.41) is 9.66. The van der Waals surface area contributed by atoms with E-state index in [0.717, 1.165) is 5.75 Å². The van der Waals surface area contributed by atoms with Gasteiger partial charge in [-0.3, -0.25) is 4.79 Å². The summed E-state index contributed by atoms with van der Waals surface area (Å²) in [6.07, 6.45) is 1.47. The summed E-state index contributed by atoms with van der Waals surface area (Å²) in [5.74, 6) is 0.250. The van der Waals surface area contributed by atoms with Crippen LogP contribution in [0, 0.1) is 0 Å². The van der Waals surface area contributed by atoms with Gasteiger partial charge in [-0.05, 0) is 43.3 Å². The smallest absolute Gasteiger partial charge is 0.280 e. The molecule has 0 aliphatic carbocycles. The van der Waals surface area contributed by atoms with E-state index in [9.17, 15) is 9.90 Å². The topological polar surface area (TPSA) is 62.7 Å². The number of aromatic hydroxyl groups is 1. The van der Waals surface area contributed by atoms with Gasteiger partial charge in [-0.15, -0.1) is 0 Å². The van der Waals surface area contributed by atoms with Crippen molar-refractivity contribution in [1.82, 2.24) is 4.98 Å². The maximum absolute atomic E-state index is 12.2. The molecule has 0 spiro atoms. The molecule has 0 fully saturated rings. The van der Waals surface area contributed by atoms with Crippen molar-refractivity contribution in [2.45, 2.75) is 6.92 Å². The number of nitrogens with zero attached hydrogens (tertiary/aromatic N) is 2. The lowest BCUT2D eigenvalue weighted by Gasteiger charge is -2.17. The van der Waals surface area contributed by atoms with Crippen LogP contribution in [0.25, 0.3) is 0 Å². The van der Waals surface area contributed by atoms with Crippen LogP contribution in [0.1, 0.15) is 17.4 Å². The van der Waals surface area contributed by atoms with E-state index in [0.29, 0.717) is 12.3 Å². The molecular weight excluding hydrogens is 256 g/mol. The Hall–Kier alpha value is -2.56. The Morgan fingerprint density at radius 2 is 2.00 bits per heavy atom. The molecule has 0 bridgehead atoms. The van der Waals surface area contributed by atoms with Crippen molar-refractivity contribution in [3.05, 3.63) is 48.3 Å². The molecular formula is C15H16N2O3. The van der Waals surface area contributed by atoms with Gasteiger partial charge in [0.1, 0.15) is 11.5 Å². The second kappa shape index (κ2) is 6.06. The molecule has 0 radical (unpaired) electrons. The SMILES string of the molecule is CCOc1ccc(N(C)C(=O)c2ncccc2O)cc1. The lowest BCUT2D eigenvalue weighted by atomic mass is 10.2. The summed E-state index contributed by atoms with van der Waals surface area (Å²) in [7, 11) is 1.63. The zero-order chi connectivity index (χ0) is 14.5. The fourth-order valence-corrected chi connectivity index (χ4v) is 1.77. The predicted octanol–water partition coefficient (Wildman–Crippen LogP) is 2.46. The molecule has 0 aliphatic heterocycles. The molecule has 5 heteroatoms. The van der Waals surface area contributed by atoms with Gasteiger partial charge in [-0.25, -0.2) is 4.98 Å². The van der Waals surface area contributed by atoms with E-state index in [4.69, 9.17) is 4.74 Å². The fraction of sp³-hybridized carbons (Fsp3) is 0.200. The van der Waals surface area contributed by atoms with Crippen molar-refractivity contribution in [2.24, 2.45) is 0 Å². The first-order valence-corrected chi connectivity index (χ1v) is 6.28. The minimum Gasteiger partial charge on any atom is -0.505 e. The van der Waals surface area contributed by atoms with E-state index in [1.807, 2.05) is 6.92 Å². The summed E-state index contributed by atoms with van der Waals surface area (Å²) in [5.41, 5.74) is 0.729. The third kappa shape index (κ3) is 2.88. The second-order valence-corrected chi connectivity index (χ2v) is 4.16. The highest BCUT2D eigenvalue weighted by molar-refractivity contribution is 6.06. The molecule has 104 valence electrons. The van der Waals surface area contributed by atoms with Gasteiger partial charge in [-0.2, -0.15) is 0 Å². The highest BCUT2D eigenvalue weighted by Gasteiger charge is 2.18. The summed E-state index contributed by atoms with van der Waals surface area (Å²) in [6.45, 7) is 2.50. The van der Waals surface area contributed by atoms with Crippen LogP contribution in [0.2, 0.25) is 0 Å². The Balaban J connectivity index is 2.20. The van der Waals surface area contributed by atoms with E-state index >= 15 is 0 Å². The average Bonchev–Trinajstić information content (AvgIpc) is 2.47. The quantitative estimate of drug-likeness (QED) is 0.928. The van der Waals surface area contributed by atoms with Crippen molar-refractivity contribution >= 4 is 11.6 Å². The van der Waals surface area contributed by atoms with Gasteiger partial charge in [0.15, 0.2) is 5.69 Å². The lowest BCUT2D eigenvalue weighted by Crippen LogP contribution is -2.27. The molecule has 2 aromatic rings. The molecule has 1 N–H and O–H groups in total. The lowest BCUT2D eigenvalue weighted by molar-refractivity contribution is 0.0985. The van der Waals surface area contributed by atoms with Crippen molar-refractivity contribution in [3.8, 4) is 11.5 Å². The number of benzene rings is 1. The Kier molecular flexibility index (Phi) is 4.20. The van der Waals surface area contributed by atoms with Crippen LogP contribution in [0.5, 0.6) is 11.5 Å². The minimum atomic E-state index is -0.368. The summed E-state index contributed by atoms with van der Waals surface area (Å²) >= 11 is 0. The largest absolute Gasteiger partial charge is 0.505 e. The van der Waals surface area contributed by atoms with Crippen molar-refractivity contribution in [1.29, 1.82) is 0 Å². The molecule has 0 saturated heterocycles. The van der Waals surface area contributed by atoms with E-state index in [2.05, 4.69) is 4.98 Å².